The molecule has 14 heavy (non-hydrogen) atoms. The van der Waals surface area contributed by atoms with Gasteiger partial charge < -0.3 is 4.55 Å². The van der Waals surface area contributed by atoms with Gasteiger partial charge in [0.1, 0.15) is 0 Å². The standard InChI is InChI=1S/C9H12O3S.Na/c1-7-3-4-9(5-8(7)2)6-13(10,11)12;/h3-5H,6H2,1-2H3,(H,10,11,12);/q;+1/p-1. The predicted molar refractivity (Wildman–Crippen MR) is 49.3 cm³/mol. The van der Waals surface area contributed by atoms with Crippen molar-refractivity contribution in [3.63, 3.8) is 0 Å². The molecule has 0 amide bonds. The molecule has 1 rings (SSSR count). The molecule has 0 fully saturated rings. The van der Waals surface area contributed by atoms with Crippen molar-refractivity contribution in [2.75, 3.05) is 0 Å². The van der Waals surface area contributed by atoms with Crippen LogP contribution in [-0.2, 0) is 15.9 Å². The molecule has 0 saturated carbocycles. The average molecular weight is 222 g/mol. The van der Waals surface area contributed by atoms with E-state index >= 15 is 0 Å². The smallest absolute Gasteiger partial charge is 0.748 e. The summed E-state index contributed by atoms with van der Waals surface area (Å²) >= 11 is 0. The van der Waals surface area contributed by atoms with E-state index in [4.69, 9.17) is 0 Å². The van der Waals surface area contributed by atoms with Crippen LogP contribution in [0.3, 0.4) is 0 Å². The molecule has 72 valence electrons. The van der Waals surface area contributed by atoms with Gasteiger partial charge in [-0.3, -0.25) is 0 Å². The van der Waals surface area contributed by atoms with Crippen LogP contribution in [0.1, 0.15) is 16.7 Å². The molecule has 1 aromatic carbocycles. The minimum Gasteiger partial charge on any atom is -0.748 e. The fraction of sp³-hybridized carbons (Fsp3) is 0.333. The first kappa shape index (κ1) is 14.1. The zero-order valence-corrected chi connectivity index (χ0v) is 11.4. The van der Waals surface area contributed by atoms with E-state index < -0.39 is 15.9 Å². The molecule has 3 nitrogen and oxygen atoms in total. The van der Waals surface area contributed by atoms with Crippen molar-refractivity contribution in [3.8, 4) is 0 Å². The molecule has 0 N–H and O–H groups in total. The van der Waals surface area contributed by atoms with Gasteiger partial charge in [0, 0.05) is 0 Å². The van der Waals surface area contributed by atoms with Crippen LogP contribution in [0.25, 0.3) is 0 Å². The Kier molecular flexibility index (Phi) is 5.33. The molecular weight excluding hydrogens is 211 g/mol. The molecule has 0 spiro atoms. The Hall–Kier alpha value is 0.130. The molecule has 0 aliphatic rings. The van der Waals surface area contributed by atoms with E-state index in [1.807, 2.05) is 19.9 Å². The van der Waals surface area contributed by atoms with E-state index in [1.165, 1.54) is 0 Å². The van der Waals surface area contributed by atoms with Crippen molar-refractivity contribution in [1.82, 2.24) is 0 Å². The molecule has 0 radical (unpaired) electrons. The molecule has 0 aromatic heterocycles. The van der Waals surface area contributed by atoms with Gasteiger partial charge in [0.15, 0.2) is 0 Å². The quantitative estimate of drug-likeness (QED) is 0.445. The van der Waals surface area contributed by atoms with Gasteiger partial charge in [-0.15, -0.1) is 0 Å². The van der Waals surface area contributed by atoms with Crippen molar-refractivity contribution in [1.29, 1.82) is 0 Å². The number of rotatable bonds is 2. The third-order valence-electron chi connectivity index (χ3n) is 1.91. The predicted octanol–water partition coefficient (Wildman–Crippen LogP) is -1.65. The van der Waals surface area contributed by atoms with E-state index in [0.29, 0.717) is 5.56 Å². The second-order valence-corrected chi connectivity index (χ2v) is 4.52. The SMILES string of the molecule is Cc1ccc(CS(=O)(=O)[O-])cc1C.[Na+]. The van der Waals surface area contributed by atoms with Gasteiger partial charge in [0.25, 0.3) is 0 Å². The average Bonchev–Trinajstić information content (AvgIpc) is 1.94. The van der Waals surface area contributed by atoms with Gasteiger partial charge in [-0.1, -0.05) is 18.2 Å². The Morgan fingerprint density at radius 2 is 1.79 bits per heavy atom. The molecule has 0 heterocycles. The van der Waals surface area contributed by atoms with E-state index in [2.05, 4.69) is 0 Å². The Morgan fingerprint density at radius 3 is 2.21 bits per heavy atom. The van der Waals surface area contributed by atoms with Crippen molar-refractivity contribution >= 4 is 10.1 Å². The van der Waals surface area contributed by atoms with E-state index in [1.54, 1.807) is 12.1 Å². The van der Waals surface area contributed by atoms with E-state index in [-0.39, 0.29) is 29.6 Å². The molecule has 5 heteroatoms. The van der Waals surface area contributed by atoms with Crippen LogP contribution < -0.4 is 29.6 Å². The summed E-state index contributed by atoms with van der Waals surface area (Å²) in [6.45, 7) is 3.82. The van der Waals surface area contributed by atoms with Crippen LogP contribution in [-0.4, -0.2) is 13.0 Å². The van der Waals surface area contributed by atoms with E-state index in [9.17, 15) is 13.0 Å². The molecule has 0 saturated heterocycles. The third-order valence-corrected chi connectivity index (χ3v) is 2.60. The normalized spacial score (nSPS) is 10.8. The van der Waals surface area contributed by atoms with Crippen molar-refractivity contribution < 1.29 is 42.5 Å². The summed E-state index contributed by atoms with van der Waals surface area (Å²) in [5.41, 5.74) is 2.64. The number of hydrogen-bond acceptors (Lipinski definition) is 3. The fourth-order valence-electron chi connectivity index (χ4n) is 1.10. The van der Waals surface area contributed by atoms with Gasteiger partial charge in [-0.05, 0) is 30.5 Å². The number of hydrogen-bond donors (Lipinski definition) is 0. The third kappa shape index (κ3) is 4.57. The molecule has 1 aromatic rings. The van der Waals surface area contributed by atoms with Crippen LogP contribution >= 0.6 is 0 Å². The van der Waals surface area contributed by atoms with Crippen LogP contribution in [0.15, 0.2) is 18.2 Å². The zero-order chi connectivity index (χ0) is 10.1. The second kappa shape index (κ2) is 5.28. The van der Waals surface area contributed by atoms with Crippen molar-refractivity contribution in [2.45, 2.75) is 19.6 Å². The summed E-state index contributed by atoms with van der Waals surface area (Å²) < 4.78 is 31.3. The molecule has 0 atom stereocenters. The van der Waals surface area contributed by atoms with Crippen molar-refractivity contribution in [3.05, 3.63) is 34.9 Å². The molecule has 0 bridgehead atoms. The Balaban J connectivity index is 0.00000169. The minimum absolute atomic E-state index is 0. The minimum atomic E-state index is -4.16. The van der Waals surface area contributed by atoms with E-state index in [0.717, 1.165) is 11.1 Å². The first-order valence-electron chi connectivity index (χ1n) is 3.88. The number of benzene rings is 1. The van der Waals surface area contributed by atoms with Crippen LogP contribution in [0.5, 0.6) is 0 Å². The summed E-state index contributed by atoms with van der Waals surface area (Å²) in [6.07, 6.45) is 0. The van der Waals surface area contributed by atoms with Crippen LogP contribution in [0.2, 0.25) is 0 Å². The summed E-state index contributed by atoms with van der Waals surface area (Å²) in [5.74, 6) is -0.423. The summed E-state index contributed by atoms with van der Waals surface area (Å²) in [4.78, 5) is 0. The molecule has 0 unspecified atom stereocenters. The van der Waals surface area contributed by atoms with Gasteiger partial charge in [0.05, 0.1) is 15.9 Å². The molecule has 0 aliphatic heterocycles. The van der Waals surface area contributed by atoms with Crippen LogP contribution in [0, 0.1) is 13.8 Å². The maximum Gasteiger partial charge on any atom is 1.00 e. The number of aryl methyl sites for hydroxylation is 2. The zero-order valence-electron chi connectivity index (χ0n) is 8.57. The van der Waals surface area contributed by atoms with Crippen molar-refractivity contribution in [2.24, 2.45) is 0 Å². The van der Waals surface area contributed by atoms with Gasteiger partial charge >= 0.3 is 29.6 Å². The fourth-order valence-corrected chi connectivity index (χ4v) is 1.69. The topological polar surface area (TPSA) is 57.2 Å². The Morgan fingerprint density at radius 1 is 1.21 bits per heavy atom. The maximum absolute atomic E-state index is 10.4. The Bertz CT molecular complexity index is 412. The summed E-state index contributed by atoms with van der Waals surface area (Å²) in [5, 5.41) is 0. The summed E-state index contributed by atoms with van der Waals surface area (Å²) in [6, 6.07) is 5.21. The van der Waals surface area contributed by atoms with Gasteiger partial charge in [-0.25, -0.2) is 8.42 Å². The van der Waals surface area contributed by atoms with Gasteiger partial charge in [0.2, 0.25) is 0 Å². The molecule has 0 aliphatic carbocycles. The first-order chi connectivity index (χ1) is 5.88. The maximum atomic E-state index is 10.4. The largest absolute Gasteiger partial charge is 1.00 e. The summed E-state index contributed by atoms with van der Waals surface area (Å²) in [7, 11) is -4.16. The first-order valence-corrected chi connectivity index (χ1v) is 5.46. The van der Waals surface area contributed by atoms with Crippen LogP contribution in [0.4, 0.5) is 0 Å². The second-order valence-electron chi connectivity index (χ2n) is 3.12. The Labute approximate surface area is 107 Å². The van der Waals surface area contributed by atoms with Gasteiger partial charge in [-0.2, -0.15) is 0 Å². The monoisotopic (exact) mass is 222 g/mol. The molecular formula is C9H11NaO3S.